The van der Waals surface area contributed by atoms with Crippen LogP contribution in [0.1, 0.15) is 19.5 Å². The van der Waals surface area contributed by atoms with Gasteiger partial charge in [-0.05, 0) is 26.8 Å². The Morgan fingerprint density at radius 1 is 1.43 bits per heavy atom. The van der Waals surface area contributed by atoms with E-state index in [9.17, 15) is 9.59 Å². The molecule has 6 nitrogen and oxygen atoms in total. The molecule has 2 heterocycles. The quantitative estimate of drug-likeness (QED) is 0.672. The summed E-state index contributed by atoms with van der Waals surface area (Å²) in [4.78, 5) is 33.5. The first-order valence-electron chi connectivity index (χ1n) is 6.94. The highest BCUT2D eigenvalue weighted by Gasteiger charge is 2.14. The third-order valence-corrected chi connectivity index (χ3v) is 4.41. The van der Waals surface area contributed by atoms with Crippen LogP contribution in [0.2, 0.25) is 0 Å². The summed E-state index contributed by atoms with van der Waals surface area (Å²) >= 11 is 1.30. The number of hydrogen-bond donors (Lipinski definition) is 1. The van der Waals surface area contributed by atoms with Crippen LogP contribution in [0.15, 0.2) is 16.0 Å². The zero-order chi connectivity index (χ0) is 15.6. The van der Waals surface area contributed by atoms with E-state index in [0.29, 0.717) is 29.3 Å². The van der Waals surface area contributed by atoms with Crippen molar-refractivity contribution in [2.24, 2.45) is 7.05 Å². The number of fused-ring (bicyclic) bond motifs is 1. The molecule has 0 radical (unpaired) electrons. The second-order valence-electron chi connectivity index (χ2n) is 4.83. The number of hydrogen-bond acceptors (Lipinski definition) is 4. The fraction of sp³-hybridized carbons (Fsp3) is 0.500. The fourth-order valence-corrected chi connectivity index (χ4v) is 3.06. The van der Waals surface area contributed by atoms with E-state index >= 15 is 0 Å². The lowest BCUT2D eigenvalue weighted by molar-refractivity contribution is -0.127. The van der Waals surface area contributed by atoms with Gasteiger partial charge in [0.2, 0.25) is 5.91 Å². The number of thioether (sulfide) groups is 1. The van der Waals surface area contributed by atoms with Crippen molar-refractivity contribution in [3.05, 3.63) is 22.1 Å². The Morgan fingerprint density at radius 2 is 2.10 bits per heavy atom. The van der Waals surface area contributed by atoms with Gasteiger partial charge in [-0.25, -0.2) is 4.98 Å². The van der Waals surface area contributed by atoms with Gasteiger partial charge < -0.3 is 9.88 Å². The maximum Gasteiger partial charge on any atom is 0.278 e. The van der Waals surface area contributed by atoms with Crippen LogP contribution < -0.4 is 5.56 Å². The number of carbonyl (C=O) groups excluding carboxylic acids is 1. The largest absolute Gasteiger partial charge is 0.353 e. The molecular formula is C14H20N4O2S. The van der Waals surface area contributed by atoms with Gasteiger partial charge in [0.05, 0.1) is 11.3 Å². The second kappa shape index (κ2) is 6.34. The van der Waals surface area contributed by atoms with Crippen LogP contribution in [0.4, 0.5) is 0 Å². The van der Waals surface area contributed by atoms with Crippen molar-refractivity contribution in [1.29, 1.82) is 0 Å². The van der Waals surface area contributed by atoms with Gasteiger partial charge in [-0.1, -0.05) is 11.8 Å². The molecule has 0 spiro atoms. The number of aryl methyl sites for hydroxylation is 1. The fourth-order valence-electron chi connectivity index (χ4n) is 2.18. The van der Waals surface area contributed by atoms with E-state index in [4.69, 9.17) is 0 Å². The maximum absolute atomic E-state index is 12.2. The lowest BCUT2D eigenvalue weighted by Crippen LogP contribution is -2.32. The molecule has 0 atom stereocenters. The van der Waals surface area contributed by atoms with Crippen molar-refractivity contribution in [1.82, 2.24) is 19.4 Å². The van der Waals surface area contributed by atoms with E-state index in [-0.39, 0.29) is 17.2 Å². The van der Waals surface area contributed by atoms with E-state index in [0.717, 1.165) is 5.69 Å². The molecule has 1 amide bonds. The molecular weight excluding hydrogens is 288 g/mol. The molecule has 0 saturated carbocycles. The molecule has 21 heavy (non-hydrogen) atoms. The van der Waals surface area contributed by atoms with Crippen LogP contribution in [0.3, 0.4) is 0 Å². The molecule has 7 heteroatoms. The molecule has 1 N–H and O–H groups in total. The van der Waals surface area contributed by atoms with Crippen LogP contribution in [-0.4, -0.2) is 44.2 Å². The van der Waals surface area contributed by atoms with Crippen molar-refractivity contribution in [2.75, 3.05) is 18.8 Å². The normalized spacial score (nSPS) is 11.0. The van der Waals surface area contributed by atoms with Crippen molar-refractivity contribution < 1.29 is 4.79 Å². The Bertz CT molecular complexity index is 716. The average molecular weight is 308 g/mol. The Labute approximate surface area is 127 Å². The first kappa shape index (κ1) is 15.6. The molecule has 2 rings (SSSR count). The number of carbonyl (C=O) groups is 1. The maximum atomic E-state index is 12.2. The zero-order valence-electron chi connectivity index (χ0n) is 12.8. The van der Waals surface area contributed by atoms with Crippen molar-refractivity contribution >= 4 is 28.7 Å². The zero-order valence-corrected chi connectivity index (χ0v) is 13.6. The predicted octanol–water partition coefficient (Wildman–Crippen LogP) is 1.53. The average Bonchev–Trinajstić information content (AvgIpc) is 2.83. The summed E-state index contributed by atoms with van der Waals surface area (Å²) in [7, 11) is 1.68. The Morgan fingerprint density at radius 3 is 2.71 bits per heavy atom. The number of aromatic nitrogens is 3. The van der Waals surface area contributed by atoms with E-state index in [1.54, 1.807) is 11.9 Å². The van der Waals surface area contributed by atoms with Gasteiger partial charge in [0.25, 0.3) is 5.56 Å². The topological polar surface area (TPSA) is 71.0 Å². The Kier molecular flexibility index (Phi) is 4.72. The molecule has 114 valence electrons. The summed E-state index contributed by atoms with van der Waals surface area (Å²) < 4.78 is 1.48. The van der Waals surface area contributed by atoms with E-state index in [1.165, 1.54) is 16.3 Å². The standard InChI is InChI=1S/C14H20N4O2S/c1-5-18(6-2)11(19)8-21-14-16-10-7-9(3)15-12(10)13(20)17(14)4/h7,15H,5-6,8H2,1-4H3. The van der Waals surface area contributed by atoms with Crippen LogP contribution >= 0.6 is 11.8 Å². The van der Waals surface area contributed by atoms with E-state index < -0.39 is 0 Å². The Hall–Kier alpha value is -1.76. The van der Waals surface area contributed by atoms with E-state index in [2.05, 4.69) is 9.97 Å². The Balaban J connectivity index is 2.25. The van der Waals surface area contributed by atoms with Crippen LogP contribution in [0, 0.1) is 6.92 Å². The summed E-state index contributed by atoms with van der Waals surface area (Å²) in [6, 6.07) is 1.84. The summed E-state index contributed by atoms with van der Waals surface area (Å²) in [6.45, 7) is 7.18. The lowest BCUT2D eigenvalue weighted by atomic mass is 10.4. The molecule has 0 aromatic carbocycles. The monoisotopic (exact) mass is 308 g/mol. The number of amides is 1. The van der Waals surface area contributed by atoms with Gasteiger partial charge in [-0.2, -0.15) is 0 Å². The van der Waals surface area contributed by atoms with Crippen LogP contribution in [-0.2, 0) is 11.8 Å². The summed E-state index contributed by atoms with van der Waals surface area (Å²) in [5, 5.41) is 0.562. The third kappa shape index (κ3) is 3.12. The van der Waals surface area contributed by atoms with Gasteiger partial charge >= 0.3 is 0 Å². The number of aromatic amines is 1. The molecule has 0 aliphatic carbocycles. The summed E-state index contributed by atoms with van der Waals surface area (Å²) in [5.74, 6) is 0.348. The summed E-state index contributed by atoms with van der Waals surface area (Å²) in [6.07, 6.45) is 0. The highest BCUT2D eigenvalue weighted by molar-refractivity contribution is 7.99. The van der Waals surface area contributed by atoms with Crippen molar-refractivity contribution in [3.8, 4) is 0 Å². The molecule has 0 aliphatic heterocycles. The van der Waals surface area contributed by atoms with E-state index in [1.807, 2.05) is 26.8 Å². The predicted molar refractivity (Wildman–Crippen MR) is 84.7 cm³/mol. The minimum atomic E-state index is -0.120. The molecule has 2 aromatic heterocycles. The minimum Gasteiger partial charge on any atom is -0.353 e. The second-order valence-corrected chi connectivity index (χ2v) is 5.77. The summed E-state index contributed by atoms with van der Waals surface area (Å²) in [5.41, 5.74) is 1.93. The lowest BCUT2D eigenvalue weighted by Gasteiger charge is -2.18. The van der Waals surface area contributed by atoms with Crippen molar-refractivity contribution in [2.45, 2.75) is 25.9 Å². The highest BCUT2D eigenvalue weighted by Crippen LogP contribution is 2.17. The number of nitrogens with one attached hydrogen (secondary N) is 1. The smallest absolute Gasteiger partial charge is 0.278 e. The molecule has 0 fully saturated rings. The van der Waals surface area contributed by atoms with Crippen molar-refractivity contribution in [3.63, 3.8) is 0 Å². The molecule has 0 aliphatic rings. The van der Waals surface area contributed by atoms with Crippen LogP contribution in [0.25, 0.3) is 11.0 Å². The number of nitrogens with zero attached hydrogens (tertiary/aromatic N) is 3. The number of rotatable bonds is 5. The molecule has 0 bridgehead atoms. The van der Waals surface area contributed by atoms with Gasteiger partial charge in [-0.15, -0.1) is 0 Å². The third-order valence-electron chi connectivity index (χ3n) is 3.39. The first-order chi connectivity index (χ1) is 9.97. The highest BCUT2D eigenvalue weighted by atomic mass is 32.2. The van der Waals surface area contributed by atoms with Gasteiger partial charge in [0.1, 0.15) is 5.52 Å². The SMILES string of the molecule is CCN(CC)C(=O)CSc1nc2cc(C)[nH]c2c(=O)n1C. The first-order valence-corrected chi connectivity index (χ1v) is 7.93. The molecule has 0 saturated heterocycles. The molecule has 0 unspecified atom stereocenters. The van der Waals surface area contributed by atoms with Gasteiger partial charge in [-0.3, -0.25) is 14.2 Å². The number of H-pyrrole nitrogens is 1. The van der Waals surface area contributed by atoms with Crippen LogP contribution in [0.5, 0.6) is 0 Å². The van der Waals surface area contributed by atoms with Gasteiger partial charge in [0.15, 0.2) is 5.16 Å². The molecule has 2 aromatic rings. The minimum absolute atomic E-state index is 0.0598. The van der Waals surface area contributed by atoms with Gasteiger partial charge in [0, 0.05) is 25.8 Å².